The molecular formula is C8H15ClN2. The first-order valence-corrected chi connectivity index (χ1v) is 3.91. The summed E-state index contributed by atoms with van der Waals surface area (Å²) in [7, 11) is 0. The summed E-state index contributed by atoms with van der Waals surface area (Å²) in [6.07, 6.45) is 7.67. The summed E-state index contributed by atoms with van der Waals surface area (Å²) in [6, 6.07) is 1.96. The molecule has 0 unspecified atom stereocenters. The zero-order valence-electron chi connectivity index (χ0n) is 6.86. The van der Waals surface area contributed by atoms with E-state index in [-0.39, 0.29) is 12.4 Å². The van der Waals surface area contributed by atoms with E-state index in [1.807, 2.05) is 23.1 Å². The lowest BCUT2D eigenvalue weighted by molar-refractivity contribution is 0.553. The second-order valence-corrected chi connectivity index (χ2v) is 2.48. The lowest BCUT2D eigenvalue weighted by atomic mass is 10.2. The van der Waals surface area contributed by atoms with Crippen molar-refractivity contribution < 1.29 is 0 Å². The molecule has 0 aliphatic carbocycles. The summed E-state index contributed by atoms with van der Waals surface area (Å²) in [5.41, 5.74) is 0. The molecule has 11 heavy (non-hydrogen) atoms. The zero-order valence-corrected chi connectivity index (χ0v) is 7.68. The van der Waals surface area contributed by atoms with E-state index >= 15 is 0 Å². The normalized spacial score (nSPS) is 9.18. The van der Waals surface area contributed by atoms with Crippen LogP contribution in [0, 0.1) is 0 Å². The summed E-state index contributed by atoms with van der Waals surface area (Å²) in [5.74, 6) is 0. The quantitative estimate of drug-likeness (QED) is 0.642. The molecule has 0 N–H and O–H groups in total. The average molecular weight is 175 g/mol. The lowest BCUT2D eigenvalue weighted by Gasteiger charge is -1.97. The molecule has 3 heteroatoms. The molecule has 0 spiro atoms. The fourth-order valence-electron chi connectivity index (χ4n) is 0.957. The summed E-state index contributed by atoms with van der Waals surface area (Å²) in [6.45, 7) is 3.28. The molecule has 0 saturated carbocycles. The zero-order chi connectivity index (χ0) is 7.23. The van der Waals surface area contributed by atoms with Gasteiger partial charge in [-0.3, -0.25) is 4.68 Å². The number of aryl methyl sites for hydroxylation is 1. The van der Waals surface area contributed by atoms with E-state index in [1.165, 1.54) is 19.3 Å². The summed E-state index contributed by atoms with van der Waals surface area (Å²) in [4.78, 5) is 0. The molecule has 0 fully saturated rings. The maximum Gasteiger partial charge on any atom is 0.0489 e. The van der Waals surface area contributed by atoms with E-state index in [0.717, 1.165) is 6.54 Å². The van der Waals surface area contributed by atoms with Crippen molar-refractivity contribution in [3.63, 3.8) is 0 Å². The number of aromatic nitrogens is 2. The van der Waals surface area contributed by atoms with Crippen molar-refractivity contribution in [1.29, 1.82) is 0 Å². The molecule has 0 saturated heterocycles. The second-order valence-electron chi connectivity index (χ2n) is 2.48. The van der Waals surface area contributed by atoms with Crippen molar-refractivity contribution in [1.82, 2.24) is 9.78 Å². The average Bonchev–Trinajstić information content (AvgIpc) is 2.41. The Morgan fingerprint density at radius 3 is 2.73 bits per heavy atom. The van der Waals surface area contributed by atoms with E-state index in [4.69, 9.17) is 0 Å². The van der Waals surface area contributed by atoms with Crippen molar-refractivity contribution in [2.45, 2.75) is 32.7 Å². The molecule has 1 aromatic rings. The minimum Gasteiger partial charge on any atom is -0.273 e. The Kier molecular flexibility index (Phi) is 5.94. The van der Waals surface area contributed by atoms with Crippen LogP contribution >= 0.6 is 12.4 Å². The minimum absolute atomic E-state index is 0. The van der Waals surface area contributed by atoms with E-state index < -0.39 is 0 Å². The molecule has 0 atom stereocenters. The van der Waals surface area contributed by atoms with Crippen molar-refractivity contribution in [2.24, 2.45) is 0 Å². The Hall–Kier alpha value is -0.500. The van der Waals surface area contributed by atoms with Crippen LogP contribution in [0.3, 0.4) is 0 Å². The number of halogens is 1. The molecule has 0 amide bonds. The van der Waals surface area contributed by atoms with Crippen LogP contribution in [0.4, 0.5) is 0 Å². The van der Waals surface area contributed by atoms with Crippen LogP contribution in [0.5, 0.6) is 0 Å². The van der Waals surface area contributed by atoms with Crippen molar-refractivity contribution in [2.75, 3.05) is 0 Å². The van der Waals surface area contributed by atoms with Crippen LogP contribution < -0.4 is 0 Å². The molecule has 1 heterocycles. The molecule has 1 rings (SSSR count). The molecule has 0 aliphatic rings. The number of unbranched alkanes of at least 4 members (excludes halogenated alkanes) is 2. The lowest BCUT2D eigenvalue weighted by Crippen LogP contribution is -1.97. The number of hydrogen-bond acceptors (Lipinski definition) is 1. The van der Waals surface area contributed by atoms with E-state index in [1.54, 1.807) is 0 Å². The van der Waals surface area contributed by atoms with Crippen LogP contribution in [0.15, 0.2) is 18.5 Å². The largest absolute Gasteiger partial charge is 0.273 e. The minimum atomic E-state index is 0. The maximum absolute atomic E-state index is 4.10. The van der Waals surface area contributed by atoms with E-state index in [0.29, 0.717) is 0 Å². The Morgan fingerprint density at radius 2 is 2.18 bits per heavy atom. The third-order valence-corrected chi connectivity index (χ3v) is 1.55. The number of rotatable bonds is 4. The van der Waals surface area contributed by atoms with Gasteiger partial charge in [-0.2, -0.15) is 5.10 Å². The Balaban J connectivity index is 0.000001000. The highest BCUT2D eigenvalue weighted by Crippen LogP contribution is 1.96. The van der Waals surface area contributed by atoms with Gasteiger partial charge < -0.3 is 0 Å². The van der Waals surface area contributed by atoms with Gasteiger partial charge >= 0.3 is 0 Å². The van der Waals surface area contributed by atoms with Crippen molar-refractivity contribution in [3.8, 4) is 0 Å². The van der Waals surface area contributed by atoms with Crippen LogP contribution in [0.1, 0.15) is 26.2 Å². The molecule has 1 aromatic heterocycles. The van der Waals surface area contributed by atoms with E-state index in [2.05, 4.69) is 12.0 Å². The fourth-order valence-corrected chi connectivity index (χ4v) is 0.957. The molecular weight excluding hydrogens is 160 g/mol. The SMILES string of the molecule is CCCCCn1cccn1.Cl. The van der Waals surface area contributed by atoms with Gasteiger partial charge in [0, 0.05) is 18.9 Å². The molecule has 0 bridgehead atoms. The standard InChI is InChI=1S/C8H14N2.ClH/c1-2-3-4-7-10-8-5-6-9-10;/h5-6,8H,2-4,7H2,1H3;1H. The molecule has 0 radical (unpaired) electrons. The third kappa shape index (κ3) is 4.04. The highest BCUT2D eigenvalue weighted by atomic mass is 35.5. The molecule has 64 valence electrons. The smallest absolute Gasteiger partial charge is 0.0489 e. The van der Waals surface area contributed by atoms with Crippen molar-refractivity contribution >= 4 is 12.4 Å². The van der Waals surface area contributed by atoms with Gasteiger partial charge in [0.1, 0.15) is 0 Å². The van der Waals surface area contributed by atoms with Crippen LogP contribution in [-0.4, -0.2) is 9.78 Å². The van der Waals surface area contributed by atoms with Gasteiger partial charge in [0.05, 0.1) is 0 Å². The van der Waals surface area contributed by atoms with Gasteiger partial charge in [-0.15, -0.1) is 12.4 Å². The fraction of sp³-hybridized carbons (Fsp3) is 0.625. The Morgan fingerprint density at radius 1 is 1.36 bits per heavy atom. The summed E-state index contributed by atoms with van der Waals surface area (Å²) < 4.78 is 1.98. The first kappa shape index (κ1) is 10.5. The predicted octanol–water partition coefficient (Wildman–Crippen LogP) is 2.50. The Labute approximate surface area is 74.0 Å². The highest BCUT2D eigenvalue weighted by molar-refractivity contribution is 5.85. The molecule has 0 aliphatic heterocycles. The topological polar surface area (TPSA) is 17.8 Å². The first-order chi connectivity index (χ1) is 4.93. The van der Waals surface area contributed by atoms with Gasteiger partial charge in [0.2, 0.25) is 0 Å². The van der Waals surface area contributed by atoms with Gasteiger partial charge in [0.15, 0.2) is 0 Å². The van der Waals surface area contributed by atoms with Crippen LogP contribution in [-0.2, 0) is 6.54 Å². The van der Waals surface area contributed by atoms with Gasteiger partial charge in [-0.1, -0.05) is 19.8 Å². The summed E-state index contributed by atoms with van der Waals surface area (Å²) in [5, 5.41) is 4.10. The van der Waals surface area contributed by atoms with Crippen LogP contribution in [0.25, 0.3) is 0 Å². The van der Waals surface area contributed by atoms with Gasteiger partial charge in [-0.25, -0.2) is 0 Å². The van der Waals surface area contributed by atoms with Gasteiger partial charge in [-0.05, 0) is 12.5 Å². The Bertz CT molecular complexity index is 161. The van der Waals surface area contributed by atoms with Gasteiger partial charge in [0.25, 0.3) is 0 Å². The number of hydrogen-bond donors (Lipinski definition) is 0. The van der Waals surface area contributed by atoms with Crippen LogP contribution in [0.2, 0.25) is 0 Å². The third-order valence-electron chi connectivity index (χ3n) is 1.55. The molecule has 2 nitrogen and oxygen atoms in total. The van der Waals surface area contributed by atoms with E-state index in [9.17, 15) is 0 Å². The first-order valence-electron chi connectivity index (χ1n) is 3.91. The maximum atomic E-state index is 4.10. The predicted molar refractivity (Wildman–Crippen MR) is 49.0 cm³/mol. The highest BCUT2D eigenvalue weighted by Gasteiger charge is 1.87. The number of nitrogens with zero attached hydrogens (tertiary/aromatic N) is 2. The second kappa shape index (κ2) is 6.23. The summed E-state index contributed by atoms with van der Waals surface area (Å²) >= 11 is 0. The monoisotopic (exact) mass is 174 g/mol. The molecule has 0 aromatic carbocycles. The van der Waals surface area contributed by atoms with Crippen molar-refractivity contribution in [3.05, 3.63) is 18.5 Å².